The zero-order chi connectivity index (χ0) is 22.6. The zero-order valence-electron chi connectivity index (χ0n) is 17.8. The zero-order valence-corrected chi connectivity index (χ0v) is 19.4. The summed E-state index contributed by atoms with van der Waals surface area (Å²) in [6.07, 6.45) is 2.10. The smallest absolute Gasteiger partial charge is 0.243 e. The Balaban J connectivity index is 0.00000363. The molecule has 178 valence electrons. The van der Waals surface area contributed by atoms with Gasteiger partial charge >= 0.3 is 0 Å². The normalized spacial score (nSPS) is 13.9. The minimum atomic E-state index is -4.26. The fourth-order valence-corrected chi connectivity index (χ4v) is 4.73. The average molecular weight is 495 g/mol. The van der Waals surface area contributed by atoms with E-state index in [1.807, 2.05) is 12.1 Å². The highest BCUT2D eigenvalue weighted by molar-refractivity contribution is 7.89. The molecule has 32 heavy (non-hydrogen) atoms. The molecule has 0 saturated carbocycles. The van der Waals surface area contributed by atoms with Gasteiger partial charge in [-0.1, -0.05) is 0 Å². The van der Waals surface area contributed by atoms with Crippen LogP contribution < -0.4 is 14.2 Å². The third kappa shape index (κ3) is 5.86. The van der Waals surface area contributed by atoms with Crippen molar-refractivity contribution in [2.24, 2.45) is 0 Å². The molecule has 0 aliphatic carbocycles. The number of fused-ring (bicyclic) bond motifs is 1. The van der Waals surface area contributed by atoms with E-state index in [4.69, 9.17) is 9.47 Å². The summed E-state index contributed by atoms with van der Waals surface area (Å²) in [5.41, 5.74) is 2.38. The first kappa shape index (κ1) is 26.2. The van der Waals surface area contributed by atoms with Gasteiger partial charge in [0, 0.05) is 19.6 Å². The van der Waals surface area contributed by atoms with Crippen molar-refractivity contribution in [3.8, 4) is 11.5 Å². The first-order valence-electron chi connectivity index (χ1n) is 9.86. The van der Waals surface area contributed by atoms with Crippen molar-refractivity contribution in [2.75, 3.05) is 33.9 Å². The third-order valence-corrected chi connectivity index (χ3v) is 6.76. The number of rotatable bonds is 9. The van der Waals surface area contributed by atoms with E-state index in [0.717, 1.165) is 26.1 Å². The Morgan fingerprint density at radius 3 is 2.31 bits per heavy atom. The molecular weight excluding hydrogens is 469 g/mol. The maximum atomic E-state index is 13.7. The first-order chi connectivity index (χ1) is 14.8. The molecule has 1 aliphatic rings. The van der Waals surface area contributed by atoms with E-state index in [2.05, 4.69) is 9.62 Å². The Bertz CT molecular complexity index is 1050. The predicted molar refractivity (Wildman–Crippen MR) is 117 cm³/mol. The number of nitrogens with zero attached hydrogens (tertiary/aromatic N) is 1. The minimum absolute atomic E-state index is 0. The second-order valence-corrected chi connectivity index (χ2v) is 9.02. The standard InChI is InChI=1S/C21H25F3N2O4S.ClH/c1-29-17-11-14-7-10-26(13-15(14)12-18(17)30-2)9-4-3-8-25-31(27,28)19-6-5-16(22)20(23)21(19)24;/h5-6,11-12,25H,3-4,7-10,13H2,1-2H3;1H. The lowest BCUT2D eigenvalue weighted by atomic mass is 9.98. The Morgan fingerprint density at radius 2 is 1.66 bits per heavy atom. The summed E-state index contributed by atoms with van der Waals surface area (Å²) in [6.45, 7) is 2.45. The fourth-order valence-electron chi connectivity index (χ4n) is 3.59. The molecule has 1 aliphatic heterocycles. The van der Waals surface area contributed by atoms with Crippen LogP contribution in [-0.2, 0) is 23.0 Å². The van der Waals surface area contributed by atoms with Gasteiger partial charge in [-0.25, -0.2) is 26.3 Å². The number of hydrogen-bond acceptors (Lipinski definition) is 5. The van der Waals surface area contributed by atoms with Gasteiger partial charge in [0.25, 0.3) is 0 Å². The Kier molecular flexibility index (Phi) is 9.20. The Morgan fingerprint density at radius 1 is 1.00 bits per heavy atom. The monoisotopic (exact) mass is 494 g/mol. The van der Waals surface area contributed by atoms with Crippen LogP contribution >= 0.6 is 12.4 Å². The number of ether oxygens (including phenoxy) is 2. The van der Waals surface area contributed by atoms with Crippen LogP contribution in [0.25, 0.3) is 0 Å². The van der Waals surface area contributed by atoms with Gasteiger partial charge in [0.15, 0.2) is 29.0 Å². The van der Waals surface area contributed by atoms with Gasteiger partial charge in [0.1, 0.15) is 4.90 Å². The van der Waals surface area contributed by atoms with Gasteiger partial charge < -0.3 is 9.47 Å². The second kappa shape index (κ2) is 11.2. The SMILES string of the molecule is COc1cc2c(cc1OC)CN(CCCCNS(=O)(=O)c1ccc(F)c(F)c1F)CC2.Cl. The molecule has 0 atom stereocenters. The molecule has 2 aromatic carbocycles. The molecule has 2 aromatic rings. The van der Waals surface area contributed by atoms with Crippen LogP contribution in [0.3, 0.4) is 0 Å². The predicted octanol–water partition coefficient (Wildman–Crippen LogP) is 3.66. The van der Waals surface area contributed by atoms with Gasteiger partial charge in [-0.05, 0) is 61.2 Å². The highest BCUT2D eigenvalue weighted by Gasteiger charge is 2.24. The number of unbranched alkanes of at least 4 members (excludes halogenated alkanes) is 1. The van der Waals surface area contributed by atoms with Crippen molar-refractivity contribution < 1.29 is 31.1 Å². The van der Waals surface area contributed by atoms with Gasteiger partial charge in [0.2, 0.25) is 10.0 Å². The molecule has 6 nitrogen and oxygen atoms in total. The summed E-state index contributed by atoms with van der Waals surface area (Å²) in [5.74, 6) is -3.56. The summed E-state index contributed by atoms with van der Waals surface area (Å²) >= 11 is 0. The molecule has 0 spiro atoms. The molecule has 0 amide bonds. The molecular formula is C21H26ClF3N2O4S. The van der Waals surface area contributed by atoms with Gasteiger partial charge in [-0.2, -0.15) is 0 Å². The van der Waals surface area contributed by atoms with Crippen molar-refractivity contribution in [1.82, 2.24) is 9.62 Å². The van der Waals surface area contributed by atoms with Crippen LogP contribution in [0.1, 0.15) is 24.0 Å². The lowest BCUT2D eigenvalue weighted by molar-refractivity contribution is 0.248. The molecule has 0 unspecified atom stereocenters. The number of benzene rings is 2. The van der Waals surface area contributed by atoms with E-state index in [1.54, 1.807) is 14.2 Å². The molecule has 11 heteroatoms. The van der Waals surface area contributed by atoms with Crippen LogP contribution in [0.2, 0.25) is 0 Å². The lowest BCUT2D eigenvalue weighted by Crippen LogP contribution is -2.32. The number of sulfonamides is 1. The number of halogens is 4. The quantitative estimate of drug-likeness (QED) is 0.425. The first-order valence-corrected chi connectivity index (χ1v) is 11.3. The third-order valence-electron chi connectivity index (χ3n) is 5.28. The average Bonchev–Trinajstić information content (AvgIpc) is 2.75. The highest BCUT2D eigenvalue weighted by atomic mass is 35.5. The van der Waals surface area contributed by atoms with E-state index < -0.39 is 32.4 Å². The largest absolute Gasteiger partial charge is 0.493 e. The minimum Gasteiger partial charge on any atom is -0.493 e. The maximum absolute atomic E-state index is 13.7. The highest BCUT2D eigenvalue weighted by Crippen LogP contribution is 2.33. The number of hydrogen-bond donors (Lipinski definition) is 1. The summed E-state index contributed by atoms with van der Waals surface area (Å²) in [4.78, 5) is 1.36. The van der Waals surface area contributed by atoms with E-state index >= 15 is 0 Å². The van der Waals surface area contributed by atoms with E-state index in [1.165, 1.54) is 11.1 Å². The van der Waals surface area contributed by atoms with E-state index in [9.17, 15) is 21.6 Å². The lowest BCUT2D eigenvalue weighted by Gasteiger charge is -2.29. The molecule has 0 radical (unpaired) electrons. The molecule has 3 rings (SSSR count). The molecule has 0 saturated heterocycles. The summed E-state index contributed by atoms with van der Waals surface area (Å²) in [5, 5.41) is 0. The summed E-state index contributed by atoms with van der Waals surface area (Å²) in [6, 6.07) is 5.28. The second-order valence-electron chi connectivity index (χ2n) is 7.28. The van der Waals surface area contributed by atoms with Crippen molar-refractivity contribution >= 4 is 22.4 Å². The van der Waals surface area contributed by atoms with Gasteiger partial charge in [0.05, 0.1) is 14.2 Å². The van der Waals surface area contributed by atoms with Crippen molar-refractivity contribution in [2.45, 2.75) is 30.7 Å². The summed E-state index contributed by atoms with van der Waals surface area (Å²) < 4.78 is 77.3. The summed E-state index contributed by atoms with van der Waals surface area (Å²) in [7, 11) is -1.06. The van der Waals surface area contributed by atoms with Crippen LogP contribution in [-0.4, -0.2) is 47.2 Å². The Hall–Kier alpha value is -2.01. The van der Waals surface area contributed by atoms with Crippen LogP contribution in [0.4, 0.5) is 13.2 Å². The van der Waals surface area contributed by atoms with Crippen LogP contribution in [0.15, 0.2) is 29.2 Å². The number of methoxy groups -OCH3 is 2. The fraction of sp³-hybridized carbons (Fsp3) is 0.429. The van der Waals surface area contributed by atoms with Crippen LogP contribution in [0.5, 0.6) is 11.5 Å². The molecule has 1 heterocycles. The maximum Gasteiger partial charge on any atom is 0.243 e. The van der Waals surface area contributed by atoms with Crippen LogP contribution in [0, 0.1) is 17.5 Å². The molecule has 0 aromatic heterocycles. The van der Waals surface area contributed by atoms with Crippen molar-refractivity contribution in [1.29, 1.82) is 0 Å². The Labute approximate surface area is 192 Å². The van der Waals surface area contributed by atoms with E-state index in [0.29, 0.717) is 36.5 Å². The van der Waals surface area contributed by atoms with Gasteiger partial charge in [-0.3, -0.25) is 4.90 Å². The number of nitrogens with one attached hydrogen (secondary N) is 1. The van der Waals surface area contributed by atoms with Crippen molar-refractivity contribution in [3.63, 3.8) is 0 Å². The van der Waals surface area contributed by atoms with Gasteiger partial charge in [-0.15, -0.1) is 12.4 Å². The molecule has 1 N–H and O–H groups in total. The van der Waals surface area contributed by atoms with E-state index in [-0.39, 0.29) is 19.0 Å². The topological polar surface area (TPSA) is 67.9 Å². The molecule has 0 bridgehead atoms. The molecule has 0 fully saturated rings. The van der Waals surface area contributed by atoms with Crippen molar-refractivity contribution in [3.05, 3.63) is 52.8 Å².